The summed E-state index contributed by atoms with van der Waals surface area (Å²) in [7, 11) is 0. The Bertz CT molecular complexity index is 579. The number of aliphatic imine (C=N–C) groups is 1. The van der Waals surface area contributed by atoms with Crippen LogP contribution in [0.2, 0.25) is 0 Å². The van der Waals surface area contributed by atoms with Crippen LogP contribution in [0, 0.1) is 0 Å². The van der Waals surface area contributed by atoms with Crippen LogP contribution in [0.1, 0.15) is 44.7 Å². The molecule has 0 radical (unpaired) electrons. The quantitative estimate of drug-likeness (QED) is 0.684. The van der Waals surface area contributed by atoms with Gasteiger partial charge in [-0.05, 0) is 44.7 Å². The first-order chi connectivity index (χ1) is 9.85. The van der Waals surface area contributed by atoms with Crippen molar-refractivity contribution in [3.8, 4) is 0 Å². The van der Waals surface area contributed by atoms with Crippen molar-refractivity contribution in [1.29, 1.82) is 0 Å². The maximum absolute atomic E-state index is 11.6. The summed E-state index contributed by atoms with van der Waals surface area (Å²) in [4.78, 5) is 26.0. The van der Waals surface area contributed by atoms with Crippen molar-refractivity contribution in [1.82, 2.24) is 5.32 Å². The Morgan fingerprint density at radius 3 is 2.71 bits per heavy atom. The van der Waals surface area contributed by atoms with Crippen LogP contribution in [-0.2, 0) is 21.6 Å². The average Bonchev–Trinajstić information content (AvgIpc) is 3.16. The monoisotopic (exact) mass is 288 g/mol. The lowest BCUT2D eigenvalue weighted by Crippen LogP contribution is -2.32. The van der Waals surface area contributed by atoms with E-state index in [-0.39, 0.29) is 5.54 Å². The molecule has 5 heteroatoms. The number of benzene rings is 1. The Balaban J connectivity index is 1.99. The van der Waals surface area contributed by atoms with Crippen LogP contribution in [0.3, 0.4) is 0 Å². The third kappa shape index (κ3) is 4.17. The van der Waals surface area contributed by atoms with E-state index < -0.39 is 11.7 Å². The van der Waals surface area contributed by atoms with Crippen molar-refractivity contribution >= 4 is 12.2 Å². The van der Waals surface area contributed by atoms with Gasteiger partial charge in [0.15, 0.2) is 0 Å². The summed E-state index contributed by atoms with van der Waals surface area (Å²) in [5, 5.41) is 2.72. The van der Waals surface area contributed by atoms with Gasteiger partial charge in [-0.15, -0.1) is 0 Å². The highest BCUT2D eigenvalue weighted by Crippen LogP contribution is 2.49. The zero-order chi connectivity index (χ0) is 15.5. The number of hydrogen-bond donors (Lipinski definition) is 1. The van der Waals surface area contributed by atoms with E-state index in [0.717, 1.165) is 24.0 Å². The number of nitrogens with one attached hydrogen (secondary N) is 1. The Kier molecular flexibility index (Phi) is 4.14. The van der Waals surface area contributed by atoms with Gasteiger partial charge >= 0.3 is 6.09 Å². The third-order valence-electron chi connectivity index (χ3n) is 3.28. The summed E-state index contributed by atoms with van der Waals surface area (Å²) >= 11 is 0. The standard InChI is InChI=1S/C16H20N2O3/c1-15(2,3)21-14(20)17-10-12-5-4-6-13(9-12)16(7-8-16)18-11-19/h4-6,9H,7-8,10H2,1-3H3,(H,17,20). The predicted octanol–water partition coefficient (Wildman–Crippen LogP) is 3.04. The third-order valence-corrected chi connectivity index (χ3v) is 3.28. The summed E-state index contributed by atoms with van der Waals surface area (Å²) in [6, 6.07) is 7.74. The van der Waals surface area contributed by atoms with Crippen molar-refractivity contribution in [3.05, 3.63) is 35.4 Å². The Morgan fingerprint density at radius 1 is 1.43 bits per heavy atom. The fourth-order valence-corrected chi connectivity index (χ4v) is 2.13. The topological polar surface area (TPSA) is 67.8 Å². The molecule has 0 spiro atoms. The fraction of sp³-hybridized carbons (Fsp3) is 0.500. The average molecular weight is 288 g/mol. The number of isocyanates is 1. The van der Waals surface area contributed by atoms with Crippen LogP contribution < -0.4 is 5.32 Å². The van der Waals surface area contributed by atoms with Gasteiger partial charge in [0.2, 0.25) is 6.08 Å². The number of alkyl carbamates (subject to hydrolysis) is 1. The molecule has 0 aliphatic heterocycles. The van der Waals surface area contributed by atoms with Gasteiger partial charge in [-0.3, -0.25) is 0 Å². The number of nitrogens with zero attached hydrogens (tertiary/aromatic N) is 1. The van der Waals surface area contributed by atoms with Gasteiger partial charge in [0.25, 0.3) is 0 Å². The van der Waals surface area contributed by atoms with Crippen molar-refractivity contribution < 1.29 is 14.3 Å². The molecule has 0 atom stereocenters. The summed E-state index contributed by atoms with van der Waals surface area (Å²) in [6.07, 6.45) is 2.94. The first-order valence-corrected chi connectivity index (χ1v) is 7.00. The molecular formula is C16H20N2O3. The van der Waals surface area contributed by atoms with Gasteiger partial charge in [-0.1, -0.05) is 24.3 Å². The summed E-state index contributed by atoms with van der Waals surface area (Å²) in [6.45, 7) is 5.84. The maximum atomic E-state index is 11.6. The Hall–Kier alpha value is -2.13. The molecule has 21 heavy (non-hydrogen) atoms. The molecule has 1 aliphatic carbocycles. The summed E-state index contributed by atoms with van der Waals surface area (Å²) in [5.74, 6) is 0. The minimum Gasteiger partial charge on any atom is -0.444 e. The molecule has 1 aromatic carbocycles. The van der Waals surface area contributed by atoms with E-state index >= 15 is 0 Å². The van der Waals surface area contributed by atoms with Gasteiger partial charge < -0.3 is 10.1 Å². The van der Waals surface area contributed by atoms with Gasteiger partial charge in [-0.25, -0.2) is 9.59 Å². The Labute approximate surface area is 124 Å². The lowest BCUT2D eigenvalue weighted by atomic mass is 10.0. The first kappa shape index (κ1) is 15.3. The maximum Gasteiger partial charge on any atom is 0.407 e. The van der Waals surface area contributed by atoms with Gasteiger partial charge in [0.05, 0.1) is 5.54 Å². The van der Waals surface area contributed by atoms with Crippen molar-refractivity contribution in [2.24, 2.45) is 4.99 Å². The molecule has 1 aliphatic rings. The number of amides is 1. The number of ether oxygens (including phenoxy) is 1. The predicted molar refractivity (Wildman–Crippen MR) is 78.5 cm³/mol. The SMILES string of the molecule is CC(C)(C)OC(=O)NCc1cccc(C2(N=C=O)CC2)c1. The smallest absolute Gasteiger partial charge is 0.407 e. The molecule has 0 saturated heterocycles. The molecule has 0 heterocycles. The van der Waals surface area contributed by atoms with Gasteiger partial charge in [-0.2, -0.15) is 4.99 Å². The number of rotatable bonds is 4. The van der Waals surface area contributed by atoms with E-state index in [2.05, 4.69) is 10.3 Å². The van der Waals surface area contributed by atoms with Gasteiger partial charge in [0.1, 0.15) is 5.60 Å². The molecule has 5 nitrogen and oxygen atoms in total. The molecule has 1 aromatic rings. The Morgan fingerprint density at radius 2 is 2.14 bits per heavy atom. The second kappa shape index (κ2) is 5.70. The molecule has 1 amide bonds. The summed E-state index contributed by atoms with van der Waals surface area (Å²) in [5.41, 5.74) is 1.05. The van der Waals surface area contributed by atoms with Crippen LogP contribution in [0.15, 0.2) is 29.3 Å². The zero-order valence-corrected chi connectivity index (χ0v) is 12.6. The molecule has 0 aromatic heterocycles. The molecule has 0 bridgehead atoms. The minimum absolute atomic E-state index is 0.379. The summed E-state index contributed by atoms with van der Waals surface area (Å²) < 4.78 is 5.19. The molecule has 1 fully saturated rings. The molecule has 2 rings (SSSR count). The van der Waals surface area contributed by atoms with E-state index in [1.165, 1.54) is 0 Å². The van der Waals surface area contributed by atoms with E-state index in [9.17, 15) is 9.59 Å². The molecule has 112 valence electrons. The minimum atomic E-state index is -0.511. The fourth-order valence-electron chi connectivity index (χ4n) is 2.13. The molecule has 0 unspecified atom stereocenters. The first-order valence-electron chi connectivity index (χ1n) is 7.00. The van der Waals surface area contributed by atoms with Crippen LogP contribution in [0.5, 0.6) is 0 Å². The van der Waals surface area contributed by atoms with E-state index in [1.54, 1.807) is 6.08 Å². The number of carbonyl (C=O) groups is 1. The van der Waals surface area contributed by atoms with Crippen LogP contribution in [0.25, 0.3) is 0 Å². The van der Waals surface area contributed by atoms with E-state index in [1.807, 2.05) is 45.0 Å². The number of carbonyl (C=O) groups excluding carboxylic acids is 2. The van der Waals surface area contributed by atoms with E-state index in [0.29, 0.717) is 6.54 Å². The van der Waals surface area contributed by atoms with E-state index in [4.69, 9.17) is 4.74 Å². The lowest BCUT2D eigenvalue weighted by molar-refractivity contribution is 0.0523. The molecule has 1 N–H and O–H groups in total. The van der Waals surface area contributed by atoms with Crippen molar-refractivity contribution in [3.63, 3.8) is 0 Å². The molecule has 1 saturated carbocycles. The highest BCUT2D eigenvalue weighted by molar-refractivity contribution is 5.67. The largest absolute Gasteiger partial charge is 0.444 e. The second-order valence-electron chi connectivity index (χ2n) is 6.29. The normalized spacial score (nSPS) is 15.8. The zero-order valence-electron chi connectivity index (χ0n) is 12.6. The highest BCUT2D eigenvalue weighted by atomic mass is 16.6. The van der Waals surface area contributed by atoms with Crippen LogP contribution in [-0.4, -0.2) is 17.8 Å². The lowest BCUT2D eigenvalue weighted by Gasteiger charge is -2.19. The van der Waals surface area contributed by atoms with Crippen LogP contribution >= 0.6 is 0 Å². The van der Waals surface area contributed by atoms with Crippen LogP contribution in [0.4, 0.5) is 4.79 Å². The van der Waals surface area contributed by atoms with Crippen molar-refractivity contribution in [2.45, 2.75) is 51.3 Å². The van der Waals surface area contributed by atoms with Crippen molar-refractivity contribution in [2.75, 3.05) is 0 Å². The second-order valence-corrected chi connectivity index (χ2v) is 6.29. The van der Waals surface area contributed by atoms with Gasteiger partial charge in [0, 0.05) is 6.54 Å². The number of hydrogen-bond acceptors (Lipinski definition) is 4. The molecular weight excluding hydrogens is 268 g/mol. The highest BCUT2D eigenvalue weighted by Gasteiger charge is 2.44.